The van der Waals surface area contributed by atoms with Crippen molar-refractivity contribution in [3.05, 3.63) is 82.7 Å². The molecule has 0 aliphatic heterocycles. The van der Waals surface area contributed by atoms with Crippen LogP contribution in [0.5, 0.6) is 0 Å². The lowest BCUT2D eigenvalue weighted by Crippen LogP contribution is -2.04. The summed E-state index contributed by atoms with van der Waals surface area (Å²) in [6.07, 6.45) is 3.87. The fourth-order valence-corrected chi connectivity index (χ4v) is 2.29. The molecule has 0 amide bonds. The Labute approximate surface area is 135 Å². The summed E-state index contributed by atoms with van der Waals surface area (Å²) in [5, 5.41) is 17.3. The van der Waals surface area contributed by atoms with E-state index in [1.807, 2.05) is 54.6 Å². The first-order valence-electron chi connectivity index (χ1n) is 7.38. The van der Waals surface area contributed by atoms with Gasteiger partial charge in [-0.3, -0.25) is 0 Å². The quantitative estimate of drug-likeness (QED) is 0.738. The minimum atomic E-state index is 0.337. The standard InChI is InChI=1S/C19H16N4/c1-15-7-9-16(10-8-15)11-12-19-18(13-20)21-22-23(19)14-17-5-3-2-4-6-17/h2-12H,14H2,1H3/b12-11+. The minimum absolute atomic E-state index is 0.337. The SMILES string of the molecule is Cc1ccc(/C=C/c2c(C#N)nnn2Cc2ccccc2)cc1. The fourth-order valence-electron chi connectivity index (χ4n) is 2.29. The van der Waals surface area contributed by atoms with E-state index in [0.717, 1.165) is 16.8 Å². The van der Waals surface area contributed by atoms with E-state index < -0.39 is 0 Å². The maximum atomic E-state index is 9.23. The number of nitriles is 1. The van der Waals surface area contributed by atoms with E-state index in [2.05, 4.69) is 35.4 Å². The maximum absolute atomic E-state index is 9.23. The molecule has 0 aliphatic carbocycles. The van der Waals surface area contributed by atoms with Crippen LogP contribution in [0.3, 0.4) is 0 Å². The first-order chi connectivity index (χ1) is 11.3. The van der Waals surface area contributed by atoms with Gasteiger partial charge < -0.3 is 0 Å². The molecular weight excluding hydrogens is 284 g/mol. The van der Waals surface area contributed by atoms with Crippen molar-refractivity contribution in [3.8, 4) is 6.07 Å². The van der Waals surface area contributed by atoms with Crippen molar-refractivity contribution >= 4 is 12.2 Å². The Balaban J connectivity index is 1.90. The van der Waals surface area contributed by atoms with Gasteiger partial charge in [-0.25, -0.2) is 4.68 Å². The molecule has 4 nitrogen and oxygen atoms in total. The van der Waals surface area contributed by atoms with E-state index in [1.165, 1.54) is 5.56 Å². The number of benzene rings is 2. The van der Waals surface area contributed by atoms with Crippen molar-refractivity contribution in [3.63, 3.8) is 0 Å². The average molecular weight is 300 g/mol. The zero-order valence-electron chi connectivity index (χ0n) is 12.8. The van der Waals surface area contributed by atoms with Crippen LogP contribution in [0.25, 0.3) is 12.2 Å². The van der Waals surface area contributed by atoms with Crippen LogP contribution in [-0.4, -0.2) is 15.0 Å². The second-order valence-corrected chi connectivity index (χ2v) is 5.32. The monoisotopic (exact) mass is 300 g/mol. The van der Waals surface area contributed by atoms with Crippen molar-refractivity contribution in [2.75, 3.05) is 0 Å². The molecule has 0 N–H and O–H groups in total. The maximum Gasteiger partial charge on any atom is 0.190 e. The smallest absolute Gasteiger partial charge is 0.190 e. The third-order valence-corrected chi connectivity index (χ3v) is 3.57. The molecule has 1 heterocycles. The van der Waals surface area contributed by atoms with E-state index in [-0.39, 0.29) is 0 Å². The van der Waals surface area contributed by atoms with E-state index in [0.29, 0.717) is 12.2 Å². The third kappa shape index (κ3) is 3.53. The first kappa shape index (κ1) is 14.7. The van der Waals surface area contributed by atoms with Crippen LogP contribution in [0.2, 0.25) is 0 Å². The number of hydrogen-bond donors (Lipinski definition) is 0. The van der Waals surface area contributed by atoms with Crippen molar-refractivity contribution in [2.45, 2.75) is 13.5 Å². The zero-order chi connectivity index (χ0) is 16.1. The molecule has 0 saturated heterocycles. The number of rotatable bonds is 4. The van der Waals surface area contributed by atoms with Crippen LogP contribution in [0, 0.1) is 18.3 Å². The van der Waals surface area contributed by atoms with E-state index in [4.69, 9.17) is 0 Å². The highest BCUT2D eigenvalue weighted by molar-refractivity contribution is 5.70. The van der Waals surface area contributed by atoms with Gasteiger partial charge in [-0.1, -0.05) is 71.5 Å². The molecule has 0 fully saturated rings. The molecule has 0 unspecified atom stereocenters. The topological polar surface area (TPSA) is 54.5 Å². The fraction of sp³-hybridized carbons (Fsp3) is 0.105. The largest absolute Gasteiger partial charge is 0.239 e. The molecular formula is C19H16N4. The van der Waals surface area contributed by atoms with Crippen LogP contribution in [0.4, 0.5) is 0 Å². The third-order valence-electron chi connectivity index (χ3n) is 3.57. The average Bonchev–Trinajstić information content (AvgIpc) is 2.97. The van der Waals surface area contributed by atoms with Gasteiger partial charge in [-0.2, -0.15) is 5.26 Å². The highest BCUT2D eigenvalue weighted by Gasteiger charge is 2.10. The molecule has 3 rings (SSSR count). The normalized spacial score (nSPS) is 10.8. The van der Waals surface area contributed by atoms with Crippen molar-refractivity contribution < 1.29 is 0 Å². The van der Waals surface area contributed by atoms with Gasteiger partial charge >= 0.3 is 0 Å². The Morgan fingerprint density at radius 2 is 1.78 bits per heavy atom. The van der Waals surface area contributed by atoms with Gasteiger partial charge in [0.25, 0.3) is 0 Å². The molecule has 4 heteroatoms. The second kappa shape index (κ2) is 6.71. The second-order valence-electron chi connectivity index (χ2n) is 5.32. The van der Waals surface area contributed by atoms with Gasteiger partial charge in [0.15, 0.2) is 5.69 Å². The Kier molecular flexibility index (Phi) is 4.30. The van der Waals surface area contributed by atoms with Crippen molar-refractivity contribution in [2.24, 2.45) is 0 Å². The molecule has 0 saturated carbocycles. The molecule has 0 spiro atoms. The van der Waals surface area contributed by atoms with E-state index in [1.54, 1.807) is 4.68 Å². The lowest BCUT2D eigenvalue weighted by atomic mass is 10.1. The summed E-state index contributed by atoms with van der Waals surface area (Å²) in [6.45, 7) is 2.64. The van der Waals surface area contributed by atoms with Gasteiger partial charge in [0.2, 0.25) is 0 Å². The lowest BCUT2D eigenvalue weighted by Gasteiger charge is -2.03. The van der Waals surface area contributed by atoms with Crippen molar-refractivity contribution in [1.82, 2.24) is 15.0 Å². The van der Waals surface area contributed by atoms with E-state index >= 15 is 0 Å². The number of aryl methyl sites for hydroxylation is 1. The highest BCUT2D eigenvalue weighted by atomic mass is 15.4. The van der Waals surface area contributed by atoms with Gasteiger partial charge in [-0.15, -0.1) is 5.10 Å². The summed E-state index contributed by atoms with van der Waals surface area (Å²) in [7, 11) is 0. The Bertz CT molecular complexity index is 853. The summed E-state index contributed by atoms with van der Waals surface area (Å²) >= 11 is 0. The lowest BCUT2D eigenvalue weighted by molar-refractivity contribution is 0.645. The molecule has 0 aliphatic rings. The van der Waals surface area contributed by atoms with Crippen LogP contribution < -0.4 is 0 Å². The number of aromatic nitrogens is 3. The van der Waals surface area contributed by atoms with Crippen LogP contribution in [0.15, 0.2) is 54.6 Å². The summed E-state index contributed by atoms with van der Waals surface area (Å²) in [4.78, 5) is 0. The summed E-state index contributed by atoms with van der Waals surface area (Å²) in [6, 6.07) is 20.3. The zero-order valence-corrected chi connectivity index (χ0v) is 12.8. The Morgan fingerprint density at radius 1 is 1.04 bits per heavy atom. The van der Waals surface area contributed by atoms with Crippen LogP contribution in [-0.2, 0) is 6.54 Å². The van der Waals surface area contributed by atoms with Crippen LogP contribution in [0.1, 0.15) is 28.1 Å². The Morgan fingerprint density at radius 3 is 2.48 bits per heavy atom. The summed E-state index contributed by atoms with van der Waals surface area (Å²) in [5.41, 5.74) is 4.47. The first-order valence-corrected chi connectivity index (χ1v) is 7.38. The van der Waals surface area contributed by atoms with Gasteiger partial charge in [-0.05, 0) is 24.1 Å². The highest BCUT2D eigenvalue weighted by Crippen LogP contribution is 2.13. The molecule has 23 heavy (non-hydrogen) atoms. The Hall–Kier alpha value is -3.19. The van der Waals surface area contributed by atoms with Gasteiger partial charge in [0.05, 0.1) is 12.2 Å². The number of hydrogen-bond acceptors (Lipinski definition) is 3. The predicted octanol–water partition coefficient (Wildman–Crippen LogP) is 3.68. The molecule has 0 bridgehead atoms. The molecule has 0 atom stereocenters. The van der Waals surface area contributed by atoms with Crippen LogP contribution >= 0.6 is 0 Å². The summed E-state index contributed by atoms with van der Waals surface area (Å²) < 4.78 is 1.75. The van der Waals surface area contributed by atoms with Gasteiger partial charge in [0.1, 0.15) is 6.07 Å². The minimum Gasteiger partial charge on any atom is -0.239 e. The predicted molar refractivity (Wildman–Crippen MR) is 90.4 cm³/mol. The molecule has 2 aromatic carbocycles. The summed E-state index contributed by atoms with van der Waals surface area (Å²) in [5.74, 6) is 0. The molecule has 0 radical (unpaired) electrons. The van der Waals surface area contributed by atoms with E-state index in [9.17, 15) is 5.26 Å². The number of nitrogens with zero attached hydrogens (tertiary/aromatic N) is 4. The van der Waals surface area contributed by atoms with Gasteiger partial charge in [0, 0.05) is 0 Å². The molecule has 112 valence electrons. The molecule has 3 aromatic rings. The van der Waals surface area contributed by atoms with Crippen molar-refractivity contribution in [1.29, 1.82) is 5.26 Å². The molecule has 1 aromatic heterocycles.